The van der Waals surface area contributed by atoms with Gasteiger partial charge in [0.1, 0.15) is 11.5 Å². The summed E-state index contributed by atoms with van der Waals surface area (Å²) in [6.07, 6.45) is 13.8. The van der Waals surface area contributed by atoms with Gasteiger partial charge in [-0.15, -0.1) is 13.2 Å². The van der Waals surface area contributed by atoms with Crippen molar-refractivity contribution in [2.24, 2.45) is 11.8 Å². The van der Waals surface area contributed by atoms with Crippen molar-refractivity contribution in [3.05, 3.63) is 73.1 Å². The molecular weight excluding hydrogens is 473 g/mol. The Kier molecular flexibility index (Phi) is 8.65. The highest BCUT2D eigenvalue weighted by Crippen LogP contribution is 2.32. The van der Waals surface area contributed by atoms with Crippen molar-refractivity contribution in [3.63, 3.8) is 0 Å². The van der Waals surface area contributed by atoms with Crippen LogP contribution in [0.3, 0.4) is 0 Å². The highest BCUT2D eigenvalue weighted by Gasteiger charge is 2.21. The topological polar surface area (TPSA) is 18.5 Å². The van der Waals surface area contributed by atoms with Crippen LogP contribution < -0.4 is 8.85 Å². The molecule has 4 heteroatoms. The fourth-order valence-electron chi connectivity index (χ4n) is 6.34. The van der Waals surface area contributed by atoms with Crippen LogP contribution >= 0.6 is 0 Å². The second-order valence-corrected chi connectivity index (χ2v) is 15.6. The zero-order valence-electron chi connectivity index (χ0n) is 21.8. The zero-order valence-corrected chi connectivity index (χ0v) is 24.1. The van der Waals surface area contributed by atoms with Gasteiger partial charge in [-0.1, -0.05) is 87.7 Å². The fourth-order valence-corrected chi connectivity index (χ4v) is 10.4. The minimum Gasteiger partial charge on any atom is -0.543 e. The number of rotatable bonds is 10. The van der Waals surface area contributed by atoms with Crippen molar-refractivity contribution in [1.29, 1.82) is 0 Å². The van der Waals surface area contributed by atoms with E-state index in [-0.39, 0.29) is 0 Å². The Hall–Kier alpha value is -2.31. The van der Waals surface area contributed by atoms with E-state index < -0.39 is 18.1 Å². The molecule has 0 aliphatic heterocycles. The maximum absolute atomic E-state index is 6.54. The van der Waals surface area contributed by atoms with Crippen LogP contribution in [-0.4, -0.2) is 18.1 Å². The zero-order chi connectivity index (χ0) is 24.7. The average molecular weight is 515 g/mol. The Morgan fingerprint density at radius 3 is 1.42 bits per heavy atom. The first kappa shape index (κ1) is 25.3. The van der Waals surface area contributed by atoms with Crippen molar-refractivity contribution >= 4 is 39.6 Å². The Labute approximate surface area is 220 Å². The summed E-state index contributed by atoms with van der Waals surface area (Å²) < 4.78 is 13.1. The SMILES string of the molecule is C=C[SiH](CC1CCCCC1)Oc1ccc2cc3ccc(O[SiH](C=C)CC4CCCCC4)cc3cc2c1. The van der Waals surface area contributed by atoms with E-state index in [2.05, 4.69) is 73.1 Å². The first-order valence-corrected chi connectivity index (χ1v) is 18.2. The largest absolute Gasteiger partial charge is 0.543 e. The number of benzene rings is 3. The lowest BCUT2D eigenvalue weighted by atomic mass is 9.91. The van der Waals surface area contributed by atoms with Crippen LogP contribution in [0, 0.1) is 11.8 Å². The molecule has 0 radical (unpaired) electrons. The number of hydrogen-bond acceptors (Lipinski definition) is 2. The summed E-state index contributed by atoms with van der Waals surface area (Å²) in [5.41, 5.74) is 4.24. The number of fused-ring (bicyclic) bond motifs is 2. The molecule has 36 heavy (non-hydrogen) atoms. The van der Waals surface area contributed by atoms with Crippen molar-refractivity contribution in [1.82, 2.24) is 0 Å². The normalized spacial score (nSPS) is 19.1. The lowest BCUT2D eigenvalue weighted by molar-refractivity contribution is 0.375. The van der Waals surface area contributed by atoms with Crippen LogP contribution in [0.1, 0.15) is 64.2 Å². The van der Waals surface area contributed by atoms with Crippen LogP contribution in [0.25, 0.3) is 21.5 Å². The molecule has 2 unspecified atom stereocenters. The smallest absolute Gasteiger partial charge is 0.259 e. The van der Waals surface area contributed by atoms with Crippen molar-refractivity contribution < 1.29 is 8.85 Å². The van der Waals surface area contributed by atoms with Crippen LogP contribution in [0.15, 0.2) is 73.1 Å². The molecule has 2 nitrogen and oxygen atoms in total. The van der Waals surface area contributed by atoms with Crippen molar-refractivity contribution in [2.75, 3.05) is 0 Å². The molecule has 0 spiro atoms. The molecule has 3 aromatic carbocycles. The molecule has 2 saturated carbocycles. The van der Waals surface area contributed by atoms with Gasteiger partial charge in [-0.25, -0.2) is 0 Å². The van der Waals surface area contributed by atoms with E-state index in [1.54, 1.807) is 0 Å². The van der Waals surface area contributed by atoms with Gasteiger partial charge >= 0.3 is 0 Å². The van der Waals surface area contributed by atoms with Crippen molar-refractivity contribution in [2.45, 2.75) is 76.3 Å². The molecule has 0 heterocycles. The van der Waals surface area contributed by atoms with Gasteiger partial charge in [-0.05, 0) is 81.9 Å². The molecule has 5 rings (SSSR count). The molecule has 2 aliphatic carbocycles. The van der Waals surface area contributed by atoms with Crippen LogP contribution in [0.5, 0.6) is 11.5 Å². The van der Waals surface area contributed by atoms with Gasteiger partial charge in [0.15, 0.2) is 0 Å². The highest BCUT2D eigenvalue weighted by atomic mass is 28.3. The number of hydrogen-bond donors (Lipinski definition) is 0. The van der Waals surface area contributed by atoms with E-state index in [1.807, 2.05) is 0 Å². The first-order chi connectivity index (χ1) is 17.7. The predicted molar refractivity (Wildman–Crippen MR) is 160 cm³/mol. The van der Waals surface area contributed by atoms with Crippen LogP contribution in [0.2, 0.25) is 12.1 Å². The Bertz CT molecular complexity index is 1090. The minimum atomic E-state index is -1.45. The van der Waals surface area contributed by atoms with Gasteiger partial charge in [0.25, 0.3) is 18.1 Å². The molecule has 0 N–H and O–H groups in total. The molecule has 190 valence electrons. The summed E-state index contributed by atoms with van der Waals surface area (Å²) in [5, 5.41) is 4.96. The van der Waals surface area contributed by atoms with Crippen LogP contribution in [0.4, 0.5) is 0 Å². The first-order valence-electron chi connectivity index (χ1n) is 14.3. The molecule has 3 aromatic rings. The Morgan fingerprint density at radius 2 is 1.00 bits per heavy atom. The Morgan fingerprint density at radius 1 is 0.583 bits per heavy atom. The third-order valence-corrected chi connectivity index (χ3v) is 12.9. The third-order valence-electron chi connectivity index (χ3n) is 8.42. The molecule has 0 amide bonds. The second kappa shape index (κ2) is 12.3. The summed E-state index contributed by atoms with van der Waals surface area (Å²) in [6.45, 7) is 8.24. The van der Waals surface area contributed by atoms with E-state index in [1.165, 1.54) is 97.8 Å². The summed E-state index contributed by atoms with van der Waals surface area (Å²) >= 11 is 0. The van der Waals surface area contributed by atoms with E-state index in [9.17, 15) is 0 Å². The van der Waals surface area contributed by atoms with Gasteiger partial charge in [0, 0.05) is 0 Å². The maximum Gasteiger partial charge on any atom is 0.259 e. The quantitative estimate of drug-likeness (QED) is 0.199. The lowest BCUT2D eigenvalue weighted by Gasteiger charge is -2.25. The van der Waals surface area contributed by atoms with Gasteiger partial charge in [-0.3, -0.25) is 0 Å². The molecule has 0 bridgehead atoms. The molecule has 2 aliphatic rings. The molecule has 2 fully saturated rings. The van der Waals surface area contributed by atoms with Gasteiger partial charge < -0.3 is 8.85 Å². The summed E-state index contributed by atoms with van der Waals surface area (Å²) in [5.74, 6) is 3.65. The maximum atomic E-state index is 6.54. The molecular formula is C32H42O2Si2. The third kappa shape index (κ3) is 6.52. The molecule has 0 saturated heterocycles. The summed E-state index contributed by atoms with van der Waals surface area (Å²) in [6, 6.07) is 20.1. The molecule has 2 atom stereocenters. The highest BCUT2D eigenvalue weighted by molar-refractivity contribution is 6.58. The predicted octanol–water partition coefficient (Wildman–Crippen LogP) is 8.81. The van der Waals surface area contributed by atoms with E-state index in [0.29, 0.717) is 0 Å². The van der Waals surface area contributed by atoms with E-state index in [4.69, 9.17) is 8.85 Å². The summed E-state index contributed by atoms with van der Waals surface area (Å²) in [4.78, 5) is 0. The lowest BCUT2D eigenvalue weighted by Crippen LogP contribution is -2.24. The van der Waals surface area contributed by atoms with E-state index in [0.717, 1.165) is 23.3 Å². The van der Waals surface area contributed by atoms with Gasteiger partial charge in [0.05, 0.1) is 0 Å². The van der Waals surface area contributed by atoms with Gasteiger partial charge in [-0.2, -0.15) is 0 Å². The monoisotopic (exact) mass is 514 g/mol. The second-order valence-electron chi connectivity index (χ2n) is 11.1. The van der Waals surface area contributed by atoms with Crippen LogP contribution in [-0.2, 0) is 0 Å². The molecule has 0 aromatic heterocycles. The average Bonchev–Trinajstić information content (AvgIpc) is 2.92. The fraction of sp³-hybridized carbons (Fsp3) is 0.438. The van der Waals surface area contributed by atoms with Crippen molar-refractivity contribution in [3.8, 4) is 11.5 Å². The van der Waals surface area contributed by atoms with E-state index >= 15 is 0 Å². The van der Waals surface area contributed by atoms with Gasteiger partial charge in [0.2, 0.25) is 0 Å². The summed E-state index contributed by atoms with van der Waals surface area (Å²) in [7, 11) is -2.90. The standard InChI is InChI=1S/C32H42O2Si2/c1-3-35(23-25-11-7-5-8-12-25)33-31-17-15-27-19-28-16-18-32(22-30(28)20-29(27)21-31)34-36(4-2)24-26-13-9-6-10-14-26/h3-4,15-22,25-26,35-36H,1-2,5-14,23-24H2. The minimum absolute atomic E-state index is 0.831. The Balaban J connectivity index is 1.30.